The largest absolute Gasteiger partial charge is 0.479 e. The Morgan fingerprint density at radius 3 is 2.42 bits per heavy atom. The van der Waals surface area contributed by atoms with Gasteiger partial charge in [0.2, 0.25) is 0 Å². The molecule has 0 fully saturated rings. The molecule has 0 amide bonds. The summed E-state index contributed by atoms with van der Waals surface area (Å²) in [6, 6.07) is 0. The van der Waals surface area contributed by atoms with Crippen molar-refractivity contribution in [1.29, 1.82) is 0 Å². The number of rotatable bonds is 6. The van der Waals surface area contributed by atoms with E-state index in [2.05, 4.69) is 6.92 Å². The molecule has 0 heterocycles. The van der Waals surface area contributed by atoms with Crippen LogP contribution in [0.2, 0.25) is 0 Å². The van der Waals surface area contributed by atoms with Crippen molar-refractivity contribution in [2.24, 2.45) is 0 Å². The molecule has 0 rings (SSSR count). The van der Waals surface area contributed by atoms with Gasteiger partial charge < -0.3 is 9.84 Å². The lowest BCUT2D eigenvalue weighted by Crippen LogP contribution is -2.37. The average Bonchev–Trinajstić information content (AvgIpc) is 2.04. The Labute approximate surface area is 73.7 Å². The van der Waals surface area contributed by atoms with Crippen LogP contribution in [0.3, 0.4) is 0 Å². The molecule has 72 valence electrons. The monoisotopic (exact) mass is 174 g/mol. The zero-order valence-electron chi connectivity index (χ0n) is 8.09. The Bertz CT molecular complexity index is 145. The van der Waals surface area contributed by atoms with Crippen molar-refractivity contribution in [3.05, 3.63) is 0 Å². The van der Waals surface area contributed by atoms with E-state index in [1.54, 1.807) is 6.92 Å². The lowest BCUT2D eigenvalue weighted by molar-refractivity contribution is -0.161. The Morgan fingerprint density at radius 1 is 1.50 bits per heavy atom. The SMILES string of the molecule is CCCCCC(C)(OC)C(=O)O. The van der Waals surface area contributed by atoms with E-state index < -0.39 is 11.6 Å². The van der Waals surface area contributed by atoms with Crippen molar-refractivity contribution in [3.63, 3.8) is 0 Å². The summed E-state index contributed by atoms with van der Waals surface area (Å²) >= 11 is 0. The summed E-state index contributed by atoms with van der Waals surface area (Å²) in [7, 11) is 1.44. The molecule has 0 aliphatic heterocycles. The van der Waals surface area contributed by atoms with Crippen LogP contribution < -0.4 is 0 Å². The smallest absolute Gasteiger partial charge is 0.335 e. The van der Waals surface area contributed by atoms with Crippen LogP contribution in [0, 0.1) is 0 Å². The van der Waals surface area contributed by atoms with Gasteiger partial charge >= 0.3 is 5.97 Å². The van der Waals surface area contributed by atoms with Gasteiger partial charge in [0.25, 0.3) is 0 Å². The standard InChI is InChI=1S/C9H18O3/c1-4-5-6-7-9(2,12-3)8(10)11/h4-7H2,1-3H3,(H,10,11). The van der Waals surface area contributed by atoms with Crippen molar-refractivity contribution in [3.8, 4) is 0 Å². The summed E-state index contributed by atoms with van der Waals surface area (Å²) in [5, 5.41) is 8.81. The third-order valence-electron chi connectivity index (χ3n) is 2.16. The number of carboxylic acid groups (broad SMARTS) is 1. The molecule has 0 aromatic carbocycles. The van der Waals surface area contributed by atoms with E-state index in [1.165, 1.54) is 7.11 Å². The Kier molecular flexibility index (Phi) is 4.90. The van der Waals surface area contributed by atoms with E-state index in [0.29, 0.717) is 6.42 Å². The minimum absolute atomic E-state index is 0.590. The van der Waals surface area contributed by atoms with E-state index in [0.717, 1.165) is 19.3 Å². The lowest BCUT2D eigenvalue weighted by atomic mass is 9.98. The topological polar surface area (TPSA) is 46.5 Å². The molecule has 0 saturated heterocycles. The lowest BCUT2D eigenvalue weighted by Gasteiger charge is -2.22. The molecule has 3 heteroatoms. The fraction of sp³-hybridized carbons (Fsp3) is 0.889. The number of hydrogen-bond donors (Lipinski definition) is 1. The highest BCUT2D eigenvalue weighted by molar-refractivity contribution is 5.76. The molecule has 1 atom stereocenters. The summed E-state index contributed by atoms with van der Waals surface area (Å²) in [6.07, 6.45) is 3.66. The molecule has 0 aliphatic carbocycles. The van der Waals surface area contributed by atoms with Crippen LogP contribution in [0.1, 0.15) is 39.5 Å². The molecule has 0 aromatic rings. The van der Waals surface area contributed by atoms with Crippen molar-refractivity contribution in [1.82, 2.24) is 0 Å². The van der Waals surface area contributed by atoms with Crippen molar-refractivity contribution in [2.75, 3.05) is 7.11 Å². The van der Waals surface area contributed by atoms with E-state index in [4.69, 9.17) is 9.84 Å². The molecule has 0 radical (unpaired) electrons. The zero-order chi connectivity index (χ0) is 9.61. The van der Waals surface area contributed by atoms with Gasteiger partial charge in [-0.1, -0.05) is 19.8 Å². The van der Waals surface area contributed by atoms with E-state index in [-0.39, 0.29) is 0 Å². The molecular weight excluding hydrogens is 156 g/mol. The van der Waals surface area contributed by atoms with Gasteiger partial charge in [-0.05, 0) is 19.8 Å². The maximum absolute atomic E-state index is 10.7. The molecule has 0 aromatic heterocycles. The van der Waals surface area contributed by atoms with E-state index in [1.807, 2.05) is 0 Å². The second kappa shape index (κ2) is 5.14. The first-order valence-corrected chi connectivity index (χ1v) is 4.35. The molecular formula is C9H18O3. The highest BCUT2D eigenvalue weighted by atomic mass is 16.5. The van der Waals surface area contributed by atoms with Gasteiger partial charge in [-0.2, -0.15) is 0 Å². The average molecular weight is 174 g/mol. The van der Waals surface area contributed by atoms with Crippen LogP contribution in [0.4, 0.5) is 0 Å². The fourth-order valence-electron chi connectivity index (χ4n) is 1.01. The van der Waals surface area contributed by atoms with Gasteiger partial charge in [-0.15, -0.1) is 0 Å². The Morgan fingerprint density at radius 2 is 2.08 bits per heavy atom. The molecule has 0 spiro atoms. The highest BCUT2D eigenvalue weighted by Gasteiger charge is 2.31. The van der Waals surface area contributed by atoms with Gasteiger partial charge in [0.05, 0.1) is 0 Å². The maximum atomic E-state index is 10.7. The predicted octanol–water partition coefficient (Wildman–Crippen LogP) is 2.06. The molecule has 1 unspecified atom stereocenters. The molecule has 0 aliphatic rings. The molecule has 0 saturated carbocycles. The van der Waals surface area contributed by atoms with Gasteiger partial charge in [0, 0.05) is 7.11 Å². The van der Waals surface area contributed by atoms with Crippen LogP contribution in [-0.2, 0) is 9.53 Å². The molecule has 3 nitrogen and oxygen atoms in total. The summed E-state index contributed by atoms with van der Waals surface area (Å²) in [5.74, 6) is -0.874. The Balaban J connectivity index is 3.88. The normalized spacial score (nSPS) is 15.6. The maximum Gasteiger partial charge on any atom is 0.335 e. The van der Waals surface area contributed by atoms with E-state index >= 15 is 0 Å². The van der Waals surface area contributed by atoms with E-state index in [9.17, 15) is 4.79 Å². The summed E-state index contributed by atoms with van der Waals surface area (Å²) in [5.41, 5.74) is -0.991. The van der Waals surface area contributed by atoms with Crippen LogP contribution in [-0.4, -0.2) is 23.8 Å². The number of hydrogen-bond acceptors (Lipinski definition) is 2. The first-order chi connectivity index (χ1) is 5.56. The fourth-order valence-corrected chi connectivity index (χ4v) is 1.01. The second-order valence-electron chi connectivity index (χ2n) is 3.20. The second-order valence-corrected chi connectivity index (χ2v) is 3.20. The minimum atomic E-state index is -0.991. The van der Waals surface area contributed by atoms with Gasteiger partial charge in [0.1, 0.15) is 0 Å². The summed E-state index contributed by atoms with van der Waals surface area (Å²) in [6.45, 7) is 3.70. The quantitative estimate of drug-likeness (QED) is 0.627. The Hall–Kier alpha value is -0.570. The molecule has 12 heavy (non-hydrogen) atoms. The van der Waals surface area contributed by atoms with Gasteiger partial charge in [0.15, 0.2) is 5.60 Å². The molecule has 1 N–H and O–H groups in total. The number of carboxylic acids is 1. The van der Waals surface area contributed by atoms with Crippen LogP contribution >= 0.6 is 0 Å². The number of methoxy groups -OCH3 is 1. The number of carbonyl (C=O) groups is 1. The van der Waals surface area contributed by atoms with Crippen molar-refractivity contribution < 1.29 is 14.6 Å². The first kappa shape index (κ1) is 11.4. The summed E-state index contributed by atoms with van der Waals surface area (Å²) < 4.78 is 4.95. The number of aliphatic carboxylic acids is 1. The minimum Gasteiger partial charge on any atom is -0.479 e. The van der Waals surface area contributed by atoms with Crippen molar-refractivity contribution >= 4 is 5.97 Å². The number of unbranched alkanes of at least 4 members (excludes halogenated alkanes) is 2. The number of ether oxygens (including phenoxy) is 1. The van der Waals surface area contributed by atoms with Crippen molar-refractivity contribution in [2.45, 2.75) is 45.1 Å². The van der Waals surface area contributed by atoms with Crippen LogP contribution in [0.15, 0.2) is 0 Å². The third-order valence-corrected chi connectivity index (χ3v) is 2.16. The zero-order valence-corrected chi connectivity index (χ0v) is 8.09. The third kappa shape index (κ3) is 3.22. The van der Waals surface area contributed by atoms with Gasteiger partial charge in [-0.25, -0.2) is 4.79 Å². The molecule has 0 bridgehead atoms. The predicted molar refractivity (Wildman–Crippen MR) is 47.2 cm³/mol. The summed E-state index contributed by atoms with van der Waals surface area (Å²) in [4.78, 5) is 10.7. The van der Waals surface area contributed by atoms with Gasteiger partial charge in [-0.3, -0.25) is 0 Å². The highest BCUT2D eigenvalue weighted by Crippen LogP contribution is 2.18. The van der Waals surface area contributed by atoms with Crippen LogP contribution in [0.25, 0.3) is 0 Å². The first-order valence-electron chi connectivity index (χ1n) is 4.35. The van der Waals surface area contributed by atoms with Crippen LogP contribution in [0.5, 0.6) is 0 Å².